The molecule has 3 heteroatoms. The van der Waals surface area contributed by atoms with Crippen molar-refractivity contribution in [2.45, 2.75) is 46.5 Å². The standard InChI is InChI=1S/C14H24N2S.C2H6/c1-13-7-8-14(12-15(13)2)6-5-10-16-9-3-4-11-17-16;1-2/h7-8H,3-6,9-12H2,1-2H3;1-2H3. The van der Waals surface area contributed by atoms with Crippen LogP contribution in [0.3, 0.4) is 0 Å². The van der Waals surface area contributed by atoms with Gasteiger partial charge in [-0.1, -0.05) is 37.4 Å². The van der Waals surface area contributed by atoms with Gasteiger partial charge in [0.05, 0.1) is 0 Å². The molecule has 1 saturated heterocycles. The van der Waals surface area contributed by atoms with Crippen LogP contribution in [0, 0.1) is 0 Å². The first-order valence-corrected chi connectivity index (χ1v) is 8.65. The Morgan fingerprint density at radius 3 is 2.63 bits per heavy atom. The Kier molecular flexibility index (Phi) is 8.31. The lowest BCUT2D eigenvalue weighted by Gasteiger charge is -2.27. The second-order valence-electron chi connectivity index (χ2n) is 5.06. The lowest BCUT2D eigenvalue weighted by atomic mass is 10.1. The highest BCUT2D eigenvalue weighted by atomic mass is 32.2. The van der Waals surface area contributed by atoms with Gasteiger partial charge in [0.2, 0.25) is 0 Å². The molecular formula is C16H30N2S. The van der Waals surface area contributed by atoms with E-state index in [1.54, 1.807) is 5.57 Å². The fourth-order valence-corrected chi connectivity index (χ4v) is 3.43. The molecule has 0 unspecified atom stereocenters. The Morgan fingerprint density at radius 2 is 2.00 bits per heavy atom. The highest BCUT2D eigenvalue weighted by molar-refractivity contribution is 7.97. The minimum atomic E-state index is 1.12. The van der Waals surface area contributed by atoms with Crippen LogP contribution in [0.25, 0.3) is 0 Å². The molecule has 0 aromatic heterocycles. The predicted molar refractivity (Wildman–Crippen MR) is 88.3 cm³/mol. The van der Waals surface area contributed by atoms with Gasteiger partial charge in [0.15, 0.2) is 0 Å². The summed E-state index contributed by atoms with van der Waals surface area (Å²) in [6.07, 6.45) is 9.92. The van der Waals surface area contributed by atoms with E-state index in [2.05, 4.69) is 35.3 Å². The molecule has 0 radical (unpaired) electrons. The first kappa shape index (κ1) is 16.6. The fraction of sp³-hybridized carbons (Fsp3) is 0.750. The quantitative estimate of drug-likeness (QED) is 0.709. The van der Waals surface area contributed by atoms with Crippen molar-refractivity contribution in [3.05, 3.63) is 23.4 Å². The third-order valence-electron chi connectivity index (χ3n) is 3.58. The smallest absolute Gasteiger partial charge is 0.0385 e. The van der Waals surface area contributed by atoms with E-state index >= 15 is 0 Å². The van der Waals surface area contributed by atoms with Gasteiger partial charge >= 0.3 is 0 Å². The molecule has 19 heavy (non-hydrogen) atoms. The Bertz CT molecular complexity index is 304. The zero-order valence-electron chi connectivity index (χ0n) is 13.1. The van der Waals surface area contributed by atoms with Crippen molar-refractivity contribution in [2.75, 3.05) is 32.4 Å². The second-order valence-corrected chi connectivity index (χ2v) is 6.24. The molecule has 1 fully saturated rings. The van der Waals surface area contributed by atoms with Gasteiger partial charge in [-0.25, -0.2) is 0 Å². The van der Waals surface area contributed by atoms with E-state index in [1.807, 2.05) is 25.8 Å². The largest absolute Gasteiger partial charge is 0.374 e. The summed E-state index contributed by atoms with van der Waals surface area (Å²) in [7, 11) is 2.18. The van der Waals surface area contributed by atoms with Crippen LogP contribution in [0.5, 0.6) is 0 Å². The lowest BCUT2D eigenvalue weighted by Crippen LogP contribution is -2.24. The fourth-order valence-electron chi connectivity index (χ4n) is 2.32. The molecule has 110 valence electrons. The van der Waals surface area contributed by atoms with E-state index in [1.165, 1.54) is 50.2 Å². The SMILES string of the molecule is CC.CC1=CC=C(CCCN2CCCCS2)CN1C. The number of likely N-dealkylation sites (N-methyl/N-ethyl adjacent to an activating group) is 1. The summed E-state index contributed by atoms with van der Waals surface area (Å²) < 4.78 is 2.55. The number of hydrogen-bond donors (Lipinski definition) is 0. The highest BCUT2D eigenvalue weighted by Gasteiger charge is 2.12. The average Bonchev–Trinajstić information content (AvgIpc) is 2.46. The van der Waals surface area contributed by atoms with Crippen molar-refractivity contribution in [1.29, 1.82) is 0 Å². The first-order chi connectivity index (χ1) is 9.25. The molecule has 0 spiro atoms. The minimum Gasteiger partial charge on any atom is -0.374 e. The van der Waals surface area contributed by atoms with Gasteiger partial charge in [-0.05, 0) is 38.7 Å². The average molecular weight is 282 g/mol. The van der Waals surface area contributed by atoms with Crippen molar-refractivity contribution < 1.29 is 0 Å². The molecule has 0 aromatic rings. The summed E-state index contributed by atoms with van der Waals surface area (Å²) in [5.74, 6) is 1.33. The van der Waals surface area contributed by atoms with E-state index in [4.69, 9.17) is 0 Å². The summed E-state index contributed by atoms with van der Waals surface area (Å²) in [5, 5.41) is 0. The van der Waals surface area contributed by atoms with Crippen LogP contribution in [0.1, 0.15) is 46.5 Å². The molecule has 0 atom stereocenters. The maximum atomic E-state index is 2.55. The van der Waals surface area contributed by atoms with E-state index in [-0.39, 0.29) is 0 Å². The summed E-state index contributed by atoms with van der Waals surface area (Å²) in [6.45, 7) is 9.85. The monoisotopic (exact) mass is 282 g/mol. The van der Waals surface area contributed by atoms with Crippen LogP contribution >= 0.6 is 11.9 Å². The Morgan fingerprint density at radius 1 is 1.21 bits per heavy atom. The van der Waals surface area contributed by atoms with Crippen LogP contribution < -0.4 is 0 Å². The molecule has 0 aliphatic carbocycles. The summed E-state index contributed by atoms with van der Waals surface area (Å²) in [4.78, 5) is 2.34. The van der Waals surface area contributed by atoms with E-state index in [0.29, 0.717) is 0 Å². The number of rotatable bonds is 4. The molecule has 2 nitrogen and oxygen atoms in total. The normalized spacial score (nSPS) is 20.3. The van der Waals surface area contributed by atoms with Gasteiger partial charge in [-0.2, -0.15) is 0 Å². The van der Waals surface area contributed by atoms with E-state index in [9.17, 15) is 0 Å². The van der Waals surface area contributed by atoms with Crippen LogP contribution in [0.15, 0.2) is 23.4 Å². The molecule has 2 aliphatic rings. The Hall–Kier alpha value is -0.410. The molecule has 2 rings (SSSR count). The first-order valence-electron chi connectivity index (χ1n) is 7.71. The van der Waals surface area contributed by atoms with Gasteiger partial charge in [0, 0.05) is 38.1 Å². The van der Waals surface area contributed by atoms with Crippen LogP contribution in [-0.2, 0) is 0 Å². The molecule has 0 amide bonds. The van der Waals surface area contributed by atoms with Crippen LogP contribution in [0.4, 0.5) is 0 Å². The van der Waals surface area contributed by atoms with E-state index in [0.717, 1.165) is 6.54 Å². The predicted octanol–water partition coefficient (Wildman–Crippen LogP) is 4.31. The Labute approximate surface area is 124 Å². The third-order valence-corrected chi connectivity index (χ3v) is 4.79. The van der Waals surface area contributed by atoms with Gasteiger partial charge in [-0.3, -0.25) is 4.31 Å². The van der Waals surface area contributed by atoms with Crippen molar-refractivity contribution in [2.24, 2.45) is 0 Å². The molecule has 0 saturated carbocycles. The van der Waals surface area contributed by atoms with Gasteiger partial charge in [0.25, 0.3) is 0 Å². The zero-order valence-corrected chi connectivity index (χ0v) is 13.9. The molecule has 2 heterocycles. The Balaban J connectivity index is 0.000000861. The zero-order chi connectivity index (χ0) is 14.1. The van der Waals surface area contributed by atoms with E-state index < -0.39 is 0 Å². The number of nitrogens with zero attached hydrogens (tertiary/aromatic N) is 2. The highest BCUT2D eigenvalue weighted by Crippen LogP contribution is 2.21. The summed E-state index contributed by atoms with van der Waals surface area (Å²) >= 11 is 2.04. The van der Waals surface area contributed by atoms with Crippen molar-refractivity contribution in [3.63, 3.8) is 0 Å². The maximum Gasteiger partial charge on any atom is 0.0385 e. The van der Waals surface area contributed by atoms with Crippen LogP contribution in [0.2, 0.25) is 0 Å². The molecule has 0 N–H and O–H groups in total. The summed E-state index contributed by atoms with van der Waals surface area (Å²) in [6, 6.07) is 0. The molecule has 0 bridgehead atoms. The van der Waals surface area contributed by atoms with Gasteiger partial charge < -0.3 is 4.90 Å². The van der Waals surface area contributed by atoms with Crippen molar-refractivity contribution in [3.8, 4) is 0 Å². The molecule has 2 aliphatic heterocycles. The van der Waals surface area contributed by atoms with Gasteiger partial charge in [0.1, 0.15) is 0 Å². The van der Waals surface area contributed by atoms with Crippen molar-refractivity contribution in [1.82, 2.24) is 9.21 Å². The number of allylic oxidation sites excluding steroid dienone is 3. The van der Waals surface area contributed by atoms with Gasteiger partial charge in [-0.15, -0.1) is 0 Å². The number of hydrogen-bond acceptors (Lipinski definition) is 3. The second kappa shape index (κ2) is 9.49. The molecular weight excluding hydrogens is 252 g/mol. The third kappa shape index (κ3) is 6.05. The minimum absolute atomic E-state index is 1.12. The topological polar surface area (TPSA) is 6.48 Å². The summed E-state index contributed by atoms with van der Waals surface area (Å²) in [5.41, 5.74) is 2.96. The lowest BCUT2D eigenvalue weighted by molar-refractivity contribution is 0.416. The van der Waals surface area contributed by atoms with Crippen LogP contribution in [-0.4, -0.2) is 41.6 Å². The van der Waals surface area contributed by atoms with Crippen molar-refractivity contribution >= 4 is 11.9 Å². The molecule has 0 aromatic carbocycles. The maximum absolute atomic E-state index is 2.55.